The summed E-state index contributed by atoms with van der Waals surface area (Å²) >= 11 is 4.52. The van der Waals surface area contributed by atoms with Gasteiger partial charge in [0, 0.05) is 11.4 Å². The van der Waals surface area contributed by atoms with Crippen LogP contribution in [0.1, 0.15) is 11.3 Å². The average molecular weight is 328 g/mol. The van der Waals surface area contributed by atoms with E-state index in [0.29, 0.717) is 4.88 Å². The van der Waals surface area contributed by atoms with E-state index in [9.17, 15) is 13.2 Å². The number of hydrogen-bond acceptors (Lipinski definition) is 4. The maximum atomic E-state index is 11.7. The summed E-state index contributed by atoms with van der Waals surface area (Å²) in [5.74, 6) is -1.04. The maximum absolute atomic E-state index is 11.7. The Kier molecular flexibility index (Phi) is 4.48. The van der Waals surface area contributed by atoms with Crippen LogP contribution in [-0.4, -0.2) is 26.0 Å². The van der Waals surface area contributed by atoms with E-state index in [0.717, 1.165) is 3.79 Å². The first-order chi connectivity index (χ1) is 7.33. The van der Waals surface area contributed by atoms with Gasteiger partial charge >= 0.3 is 5.97 Å². The van der Waals surface area contributed by atoms with Gasteiger partial charge in [-0.1, -0.05) is 0 Å². The van der Waals surface area contributed by atoms with Crippen LogP contribution >= 0.6 is 27.3 Å². The second-order valence-corrected chi connectivity index (χ2v) is 7.38. The number of sulfonamides is 1. The molecule has 5 nitrogen and oxygen atoms in total. The van der Waals surface area contributed by atoms with Crippen molar-refractivity contribution in [3.05, 3.63) is 14.7 Å². The minimum Gasteiger partial charge on any atom is -0.481 e. The molecule has 0 atom stereocenters. The highest BCUT2D eigenvalue weighted by Crippen LogP contribution is 2.29. The summed E-state index contributed by atoms with van der Waals surface area (Å²) in [6, 6.07) is 1.50. The van der Waals surface area contributed by atoms with Crippen molar-refractivity contribution in [2.75, 3.05) is 6.54 Å². The van der Waals surface area contributed by atoms with Crippen LogP contribution in [0.25, 0.3) is 0 Å². The fraction of sp³-hybridized carbons (Fsp3) is 0.375. The van der Waals surface area contributed by atoms with E-state index >= 15 is 0 Å². The summed E-state index contributed by atoms with van der Waals surface area (Å²) in [4.78, 5) is 11.1. The van der Waals surface area contributed by atoms with Crippen LogP contribution in [0.4, 0.5) is 0 Å². The molecule has 0 aliphatic carbocycles. The molecular weight excluding hydrogens is 318 g/mol. The molecule has 0 spiro atoms. The minimum atomic E-state index is -3.60. The van der Waals surface area contributed by atoms with Crippen LogP contribution in [0.3, 0.4) is 0 Å². The number of aryl methyl sites for hydroxylation is 1. The van der Waals surface area contributed by atoms with Gasteiger partial charge in [0.05, 0.1) is 15.1 Å². The molecule has 0 aromatic carbocycles. The number of nitrogens with one attached hydrogen (secondary N) is 1. The molecule has 2 N–H and O–H groups in total. The number of thiophene rings is 1. The summed E-state index contributed by atoms with van der Waals surface area (Å²) in [6.07, 6.45) is -0.233. The van der Waals surface area contributed by atoms with E-state index in [2.05, 4.69) is 20.7 Å². The van der Waals surface area contributed by atoms with E-state index in [1.807, 2.05) is 0 Å². The number of hydrogen-bond donors (Lipinski definition) is 2. The lowest BCUT2D eigenvalue weighted by atomic mass is 10.5. The van der Waals surface area contributed by atoms with Gasteiger partial charge in [-0.05, 0) is 28.9 Å². The first-order valence-corrected chi connectivity index (χ1v) is 7.39. The molecule has 0 aliphatic rings. The summed E-state index contributed by atoms with van der Waals surface area (Å²) in [6.45, 7) is 1.59. The highest BCUT2D eigenvalue weighted by atomic mass is 79.9. The lowest BCUT2D eigenvalue weighted by molar-refractivity contribution is -0.136. The van der Waals surface area contributed by atoms with Crippen molar-refractivity contribution < 1.29 is 18.3 Å². The third-order valence-corrected chi connectivity index (χ3v) is 5.03. The maximum Gasteiger partial charge on any atom is 0.304 e. The minimum absolute atomic E-state index is 0.107. The second kappa shape index (κ2) is 5.26. The zero-order valence-electron chi connectivity index (χ0n) is 8.36. The van der Waals surface area contributed by atoms with Crippen molar-refractivity contribution >= 4 is 43.3 Å². The van der Waals surface area contributed by atoms with Gasteiger partial charge in [0.25, 0.3) is 0 Å². The number of rotatable bonds is 5. The molecule has 0 aliphatic heterocycles. The fourth-order valence-corrected chi connectivity index (χ4v) is 4.51. The molecule has 16 heavy (non-hydrogen) atoms. The Morgan fingerprint density at radius 2 is 2.25 bits per heavy atom. The average Bonchev–Trinajstić information content (AvgIpc) is 2.44. The van der Waals surface area contributed by atoms with Crippen LogP contribution < -0.4 is 4.72 Å². The Labute approximate surface area is 106 Å². The predicted molar refractivity (Wildman–Crippen MR) is 64.2 cm³/mol. The molecule has 1 heterocycles. The summed E-state index contributed by atoms with van der Waals surface area (Å²) in [7, 11) is -3.60. The van der Waals surface area contributed by atoms with Gasteiger partial charge in [-0.3, -0.25) is 4.79 Å². The molecular formula is C8H10BrNO4S2. The lowest BCUT2D eigenvalue weighted by Gasteiger charge is -2.04. The molecule has 8 heteroatoms. The highest BCUT2D eigenvalue weighted by Gasteiger charge is 2.19. The Morgan fingerprint density at radius 1 is 1.62 bits per heavy atom. The van der Waals surface area contributed by atoms with Crippen molar-refractivity contribution in [2.45, 2.75) is 18.2 Å². The molecule has 1 aromatic heterocycles. The number of carboxylic acid groups (broad SMARTS) is 1. The Hall–Kier alpha value is -0.440. The fourth-order valence-electron chi connectivity index (χ4n) is 1.07. The smallest absolute Gasteiger partial charge is 0.304 e. The molecule has 0 amide bonds. The van der Waals surface area contributed by atoms with Crippen molar-refractivity contribution in [2.24, 2.45) is 0 Å². The van der Waals surface area contributed by atoms with Crippen LogP contribution in [0.15, 0.2) is 14.7 Å². The molecule has 0 unspecified atom stereocenters. The summed E-state index contributed by atoms with van der Waals surface area (Å²) < 4.78 is 26.4. The van der Waals surface area contributed by atoms with Crippen molar-refractivity contribution in [3.8, 4) is 0 Å². The SMILES string of the molecule is Cc1sc(Br)cc1S(=O)(=O)NCCC(=O)O. The van der Waals surface area contributed by atoms with Gasteiger partial charge in [0.2, 0.25) is 10.0 Å². The van der Waals surface area contributed by atoms with Gasteiger partial charge < -0.3 is 5.11 Å². The normalized spacial score (nSPS) is 11.6. The van der Waals surface area contributed by atoms with Crippen LogP contribution in [0.2, 0.25) is 0 Å². The lowest BCUT2D eigenvalue weighted by Crippen LogP contribution is -2.26. The van der Waals surface area contributed by atoms with Crippen LogP contribution in [-0.2, 0) is 14.8 Å². The zero-order chi connectivity index (χ0) is 12.3. The van der Waals surface area contributed by atoms with Gasteiger partial charge in [0.1, 0.15) is 0 Å². The van der Waals surface area contributed by atoms with Gasteiger partial charge in [-0.2, -0.15) is 0 Å². The van der Waals surface area contributed by atoms with Gasteiger partial charge in [-0.25, -0.2) is 13.1 Å². The number of aliphatic carboxylic acids is 1. The van der Waals surface area contributed by atoms with E-state index < -0.39 is 16.0 Å². The number of carbonyl (C=O) groups is 1. The number of carboxylic acids is 1. The third-order valence-electron chi connectivity index (χ3n) is 1.76. The third kappa shape index (κ3) is 3.55. The highest BCUT2D eigenvalue weighted by molar-refractivity contribution is 9.11. The summed E-state index contributed by atoms with van der Waals surface area (Å²) in [5.41, 5.74) is 0. The molecule has 0 saturated heterocycles. The first-order valence-electron chi connectivity index (χ1n) is 4.30. The van der Waals surface area contributed by atoms with E-state index in [4.69, 9.17) is 5.11 Å². The molecule has 0 saturated carbocycles. The molecule has 90 valence electrons. The quantitative estimate of drug-likeness (QED) is 0.859. The van der Waals surface area contributed by atoms with Gasteiger partial charge in [-0.15, -0.1) is 11.3 Å². The Morgan fingerprint density at radius 3 is 2.69 bits per heavy atom. The monoisotopic (exact) mass is 327 g/mol. The molecule has 0 fully saturated rings. The van der Waals surface area contributed by atoms with Crippen molar-refractivity contribution in [1.82, 2.24) is 4.72 Å². The van der Waals surface area contributed by atoms with E-state index in [1.54, 1.807) is 6.92 Å². The molecule has 0 radical (unpaired) electrons. The standard InChI is InChI=1S/C8H10BrNO4S2/c1-5-6(4-7(9)15-5)16(13,14)10-3-2-8(11)12/h4,10H,2-3H2,1H3,(H,11,12). The predicted octanol–water partition coefficient (Wildman–Crippen LogP) is 1.57. The topological polar surface area (TPSA) is 83.5 Å². The molecule has 1 rings (SSSR count). The van der Waals surface area contributed by atoms with Crippen molar-refractivity contribution in [1.29, 1.82) is 0 Å². The Balaban J connectivity index is 2.78. The summed E-state index contributed by atoms with van der Waals surface area (Å²) in [5, 5.41) is 8.40. The Bertz CT molecular complexity index is 494. The molecule has 1 aromatic rings. The number of halogens is 1. The van der Waals surface area contributed by atoms with Crippen LogP contribution in [0, 0.1) is 6.92 Å². The van der Waals surface area contributed by atoms with E-state index in [-0.39, 0.29) is 17.9 Å². The van der Waals surface area contributed by atoms with Gasteiger partial charge in [0.15, 0.2) is 0 Å². The first kappa shape index (κ1) is 13.6. The zero-order valence-corrected chi connectivity index (χ0v) is 11.6. The second-order valence-electron chi connectivity index (χ2n) is 3.01. The molecule has 0 bridgehead atoms. The van der Waals surface area contributed by atoms with Crippen molar-refractivity contribution in [3.63, 3.8) is 0 Å². The largest absolute Gasteiger partial charge is 0.481 e. The van der Waals surface area contributed by atoms with Crippen LogP contribution in [0.5, 0.6) is 0 Å². The van der Waals surface area contributed by atoms with E-state index in [1.165, 1.54) is 17.4 Å².